The molecule has 260 valence electrons. The van der Waals surface area contributed by atoms with Gasteiger partial charge >= 0.3 is 6.09 Å². The predicted molar refractivity (Wildman–Crippen MR) is 178 cm³/mol. The van der Waals surface area contributed by atoms with Gasteiger partial charge in [0.1, 0.15) is 34.3 Å². The maximum absolute atomic E-state index is 14.2. The summed E-state index contributed by atoms with van der Waals surface area (Å²) in [6.45, 7) is 3.56. The molecular formula is C35H40N4O10. The lowest BCUT2D eigenvalue weighted by molar-refractivity contribution is -0.153. The Labute approximate surface area is 282 Å². The monoisotopic (exact) mass is 676 g/mol. The summed E-state index contributed by atoms with van der Waals surface area (Å²) in [7, 11) is 8.11. The van der Waals surface area contributed by atoms with Gasteiger partial charge in [-0.15, -0.1) is 6.58 Å². The lowest BCUT2D eigenvalue weighted by Gasteiger charge is -2.50. The number of aliphatic hydroxyl groups excluding tert-OH is 2. The highest BCUT2D eigenvalue weighted by Gasteiger charge is 2.64. The number of ether oxygens (including phenoxy) is 2. The van der Waals surface area contributed by atoms with Gasteiger partial charge in [-0.2, -0.15) is 0 Å². The molecule has 3 aliphatic carbocycles. The van der Waals surface area contributed by atoms with E-state index in [2.05, 4.69) is 6.58 Å². The Hall–Kier alpha value is -5.34. The summed E-state index contributed by atoms with van der Waals surface area (Å²) in [6.07, 6.45) is 0.814. The number of hydrogen-bond acceptors (Lipinski definition) is 12. The first-order chi connectivity index (χ1) is 23.1. The maximum atomic E-state index is 14.2. The number of primary amides is 1. The molecule has 14 heteroatoms. The molecule has 2 aromatic rings. The molecule has 0 spiro atoms. The van der Waals surface area contributed by atoms with E-state index in [0.29, 0.717) is 17.0 Å². The van der Waals surface area contributed by atoms with E-state index >= 15 is 0 Å². The summed E-state index contributed by atoms with van der Waals surface area (Å²) in [5.74, 6) is -6.55. The molecule has 1 fully saturated rings. The molecule has 0 bridgehead atoms. The summed E-state index contributed by atoms with van der Waals surface area (Å²) in [5, 5.41) is 46.5. The number of fused-ring (bicyclic) bond motifs is 3. The first-order valence-corrected chi connectivity index (χ1v) is 15.5. The van der Waals surface area contributed by atoms with Gasteiger partial charge < -0.3 is 40.5 Å². The maximum Gasteiger partial charge on any atom is 0.415 e. The van der Waals surface area contributed by atoms with E-state index in [-0.39, 0.29) is 48.4 Å². The summed E-state index contributed by atoms with van der Waals surface area (Å²) in [6, 6.07) is 6.87. The summed E-state index contributed by atoms with van der Waals surface area (Å²) < 4.78 is 10.7. The van der Waals surface area contributed by atoms with Crippen LogP contribution in [0.1, 0.15) is 23.1 Å². The third-order valence-electron chi connectivity index (χ3n) is 9.49. The number of likely N-dealkylation sites (N-methyl/N-ethyl adjacent to an activating group) is 1. The van der Waals surface area contributed by atoms with Crippen LogP contribution in [0.25, 0.3) is 5.76 Å². The second kappa shape index (κ2) is 12.9. The molecule has 5 rings (SSSR count). The Balaban J connectivity index is 1.61. The van der Waals surface area contributed by atoms with Crippen LogP contribution in [0.5, 0.6) is 17.2 Å². The molecule has 0 heterocycles. The molecule has 2 amide bonds. The number of carbonyl (C=O) groups is 4. The number of ketones is 2. The number of anilines is 1. The number of rotatable bonds is 9. The van der Waals surface area contributed by atoms with Crippen LogP contribution in [0.4, 0.5) is 10.5 Å². The zero-order valence-corrected chi connectivity index (χ0v) is 27.9. The Morgan fingerprint density at radius 3 is 2.27 bits per heavy atom. The molecule has 4 atom stereocenters. The number of Topliss-reactive ketones (excluding diaryl/α,β-unsaturated/α-hetero) is 2. The van der Waals surface area contributed by atoms with Crippen molar-refractivity contribution in [3.63, 3.8) is 0 Å². The van der Waals surface area contributed by atoms with Crippen LogP contribution in [0.15, 0.2) is 59.9 Å². The Bertz CT molecular complexity index is 1810. The fourth-order valence-corrected chi connectivity index (χ4v) is 7.24. The van der Waals surface area contributed by atoms with Gasteiger partial charge in [-0.25, -0.2) is 4.79 Å². The third kappa shape index (κ3) is 5.66. The second-order valence-corrected chi connectivity index (χ2v) is 12.8. The molecule has 3 aliphatic rings. The SMILES string of the molecule is C=CCN(Cc1cc(N(C)C)c2c(c1O)C(O)=C1C(=O)[C@]3(O)C(O)=C(C(N)=O)C(=O)[C@@H](N(C)C)[C@@H]3C[C@@H]1C2)C(=O)Oc1ccc(OC)cc1. The minimum atomic E-state index is -2.76. The minimum absolute atomic E-state index is 0.0322. The topological polar surface area (TPSA) is 203 Å². The van der Waals surface area contributed by atoms with E-state index in [9.17, 15) is 39.6 Å². The van der Waals surface area contributed by atoms with Crippen LogP contribution in [0.3, 0.4) is 0 Å². The average Bonchev–Trinajstić information content (AvgIpc) is 3.03. The summed E-state index contributed by atoms with van der Waals surface area (Å²) in [5.41, 5.74) is 2.69. The van der Waals surface area contributed by atoms with Crippen molar-refractivity contribution in [2.75, 3.05) is 46.7 Å². The van der Waals surface area contributed by atoms with Crippen molar-refractivity contribution in [3.8, 4) is 17.2 Å². The van der Waals surface area contributed by atoms with Crippen LogP contribution < -0.4 is 20.1 Å². The van der Waals surface area contributed by atoms with Crippen molar-refractivity contribution in [2.24, 2.45) is 17.6 Å². The lowest BCUT2D eigenvalue weighted by atomic mass is 9.57. The molecule has 0 radical (unpaired) electrons. The van der Waals surface area contributed by atoms with E-state index < -0.39 is 69.9 Å². The highest BCUT2D eigenvalue weighted by Crippen LogP contribution is 2.54. The van der Waals surface area contributed by atoms with Crippen molar-refractivity contribution < 1.29 is 49.1 Å². The van der Waals surface area contributed by atoms with Crippen LogP contribution >= 0.6 is 0 Å². The number of amides is 2. The van der Waals surface area contributed by atoms with Crippen molar-refractivity contribution in [2.45, 2.75) is 31.0 Å². The fourth-order valence-electron chi connectivity index (χ4n) is 7.24. The van der Waals surface area contributed by atoms with Gasteiger partial charge in [-0.3, -0.25) is 24.2 Å². The van der Waals surface area contributed by atoms with Gasteiger partial charge in [-0.1, -0.05) is 6.08 Å². The van der Waals surface area contributed by atoms with Crippen LogP contribution in [0.2, 0.25) is 0 Å². The van der Waals surface area contributed by atoms with E-state index in [1.165, 1.54) is 23.0 Å². The highest BCUT2D eigenvalue weighted by molar-refractivity contribution is 6.24. The number of aliphatic hydroxyl groups is 3. The quantitative estimate of drug-likeness (QED) is 0.192. The van der Waals surface area contributed by atoms with E-state index in [0.717, 1.165) is 0 Å². The molecule has 0 aromatic heterocycles. The standard InChI is InChI=1S/C35H40N4O10/c1-7-12-39(34(46)49-20-10-8-19(48-6)9-11-20)16-18-15-23(37(2)3)21-13-17-14-22-27(38(4)5)30(42)26(33(36)45)32(44)35(22,47)31(43)24(17)29(41)25(21)28(18)40/h7-11,15,17,22,27,40-41,44,47H,1,12-14,16H2,2-6H3,(H2,36,45)/t17-,22-,27-,35-/m0/s1. The number of nitrogens with zero attached hydrogens (tertiary/aromatic N) is 3. The molecule has 0 unspecified atom stereocenters. The zero-order chi connectivity index (χ0) is 36.1. The van der Waals surface area contributed by atoms with Gasteiger partial charge in [0, 0.05) is 43.4 Å². The molecule has 49 heavy (non-hydrogen) atoms. The first-order valence-electron chi connectivity index (χ1n) is 15.5. The zero-order valence-electron chi connectivity index (χ0n) is 27.9. The van der Waals surface area contributed by atoms with Crippen molar-refractivity contribution in [1.29, 1.82) is 0 Å². The van der Waals surface area contributed by atoms with Crippen LogP contribution in [-0.4, -0.2) is 107 Å². The smallest absolute Gasteiger partial charge is 0.415 e. The number of phenolic OH excluding ortho intramolecular Hbond substituents is 1. The number of aromatic hydroxyl groups is 1. The molecule has 0 saturated heterocycles. The first kappa shape index (κ1) is 35.0. The van der Waals surface area contributed by atoms with Gasteiger partial charge in [-0.05, 0) is 68.8 Å². The number of hydrogen-bond donors (Lipinski definition) is 5. The number of phenols is 1. The number of benzene rings is 2. The van der Waals surface area contributed by atoms with Crippen LogP contribution in [0, 0.1) is 11.8 Å². The highest BCUT2D eigenvalue weighted by atomic mass is 16.6. The summed E-state index contributed by atoms with van der Waals surface area (Å²) in [4.78, 5) is 57.6. The van der Waals surface area contributed by atoms with Crippen LogP contribution in [-0.2, 0) is 27.3 Å². The average molecular weight is 677 g/mol. The Morgan fingerprint density at radius 2 is 1.71 bits per heavy atom. The van der Waals surface area contributed by atoms with Gasteiger partial charge in [0.15, 0.2) is 11.4 Å². The van der Waals surface area contributed by atoms with E-state index in [1.54, 1.807) is 63.4 Å². The Morgan fingerprint density at radius 1 is 1.08 bits per heavy atom. The lowest BCUT2D eigenvalue weighted by Crippen LogP contribution is -2.65. The normalized spacial score (nSPS) is 23.0. The molecule has 1 saturated carbocycles. The van der Waals surface area contributed by atoms with Crippen molar-refractivity contribution in [1.82, 2.24) is 9.80 Å². The third-order valence-corrected chi connectivity index (χ3v) is 9.49. The molecule has 6 N–H and O–H groups in total. The number of nitrogens with two attached hydrogens (primary N) is 1. The van der Waals surface area contributed by atoms with Gasteiger partial charge in [0.05, 0.1) is 25.3 Å². The fraction of sp³-hybridized carbons (Fsp3) is 0.371. The van der Waals surface area contributed by atoms with Gasteiger partial charge in [0.25, 0.3) is 5.91 Å². The van der Waals surface area contributed by atoms with Crippen molar-refractivity contribution in [3.05, 3.63) is 76.6 Å². The van der Waals surface area contributed by atoms with E-state index in [1.807, 2.05) is 0 Å². The Kier molecular flexibility index (Phi) is 9.23. The van der Waals surface area contributed by atoms with Crippen molar-refractivity contribution >= 4 is 35.0 Å². The predicted octanol–water partition coefficient (Wildman–Crippen LogP) is 2.23. The number of carbonyl (C=O) groups excluding carboxylic acids is 4. The summed E-state index contributed by atoms with van der Waals surface area (Å²) >= 11 is 0. The van der Waals surface area contributed by atoms with Gasteiger partial charge in [0.2, 0.25) is 5.78 Å². The number of methoxy groups -OCH3 is 1. The molecule has 2 aromatic carbocycles. The molecule has 14 nitrogen and oxygen atoms in total. The largest absolute Gasteiger partial charge is 0.508 e. The molecule has 0 aliphatic heterocycles. The second-order valence-electron chi connectivity index (χ2n) is 12.8. The minimum Gasteiger partial charge on any atom is -0.508 e. The molecular weight excluding hydrogens is 636 g/mol. The van der Waals surface area contributed by atoms with E-state index in [4.69, 9.17) is 15.2 Å².